The van der Waals surface area contributed by atoms with Crippen molar-refractivity contribution >= 4 is 33.3 Å². The van der Waals surface area contributed by atoms with Gasteiger partial charge in [-0.25, -0.2) is 4.39 Å². The number of carboxylic acid groups (broad SMARTS) is 1. The minimum atomic E-state index is -0.944. The quantitative estimate of drug-likeness (QED) is 0.671. The minimum Gasteiger partial charge on any atom is -0.481 e. The lowest BCUT2D eigenvalue weighted by Crippen LogP contribution is -2.23. The Hall–Kier alpha value is -1.70. The molecule has 1 aliphatic rings. The zero-order valence-electron chi connectivity index (χ0n) is 10.5. The summed E-state index contributed by atoms with van der Waals surface area (Å²) in [5.74, 6) is -2.32. The molecule has 2 rings (SSSR count). The lowest BCUT2D eigenvalue weighted by Gasteiger charge is -2.18. The second-order valence-corrected chi connectivity index (χ2v) is 5.69. The van der Waals surface area contributed by atoms with Gasteiger partial charge >= 0.3 is 5.97 Å². The summed E-state index contributed by atoms with van der Waals surface area (Å²) >= 11 is 2.91. The highest BCUT2D eigenvalue weighted by Crippen LogP contribution is 2.37. The van der Waals surface area contributed by atoms with Crippen LogP contribution in [0.25, 0.3) is 0 Å². The summed E-state index contributed by atoms with van der Waals surface area (Å²) in [5, 5.41) is 20.1. The molecule has 1 saturated heterocycles. The van der Waals surface area contributed by atoms with E-state index in [2.05, 4.69) is 15.9 Å². The highest BCUT2D eigenvalue weighted by molar-refractivity contribution is 9.10. The predicted molar refractivity (Wildman–Crippen MR) is 73.3 cm³/mol. The summed E-state index contributed by atoms with van der Waals surface area (Å²) in [4.78, 5) is 23.1. The van der Waals surface area contributed by atoms with Crippen LogP contribution in [0.1, 0.15) is 6.92 Å². The topological polar surface area (TPSA) is 83.7 Å². The Morgan fingerprint density at radius 3 is 2.70 bits per heavy atom. The van der Waals surface area contributed by atoms with Crippen molar-refractivity contribution in [1.82, 2.24) is 0 Å². The molecular weight excluding hydrogens is 335 g/mol. The molecule has 20 heavy (non-hydrogen) atoms. The lowest BCUT2D eigenvalue weighted by atomic mass is 9.99. The van der Waals surface area contributed by atoms with Crippen LogP contribution in [0.15, 0.2) is 16.6 Å². The molecule has 1 fully saturated rings. The van der Waals surface area contributed by atoms with Crippen LogP contribution in [0.4, 0.5) is 15.8 Å². The summed E-state index contributed by atoms with van der Waals surface area (Å²) in [6.07, 6.45) is 0. The van der Waals surface area contributed by atoms with Crippen LogP contribution in [-0.4, -0.2) is 29.1 Å². The number of benzene rings is 1. The Labute approximate surface area is 122 Å². The third-order valence-electron chi connectivity index (χ3n) is 3.48. The molecule has 6 nitrogen and oxygen atoms in total. The van der Waals surface area contributed by atoms with E-state index in [9.17, 15) is 19.3 Å². The van der Waals surface area contributed by atoms with E-state index < -0.39 is 22.6 Å². The van der Waals surface area contributed by atoms with Crippen molar-refractivity contribution in [2.24, 2.45) is 11.8 Å². The molecule has 0 amide bonds. The van der Waals surface area contributed by atoms with Gasteiger partial charge in [0, 0.05) is 25.2 Å². The number of halogens is 2. The highest BCUT2D eigenvalue weighted by atomic mass is 79.9. The normalized spacial score (nSPS) is 22.1. The number of hydrogen-bond donors (Lipinski definition) is 1. The molecule has 0 bridgehead atoms. The SMILES string of the molecule is CC1CN(c2cc(F)c(Br)cc2[N+](=O)[O-])CC1C(=O)O. The highest BCUT2D eigenvalue weighted by Gasteiger charge is 2.37. The maximum Gasteiger partial charge on any atom is 0.308 e. The second kappa shape index (κ2) is 5.35. The fourth-order valence-corrected chi connectivity index (χ4v) is 2.74. The number of aliphatic carboxylic acids is 1. The molecule has 1 aromatic rings. The number of carbonyl (C=O) groups is 1. The lowest BCUT2D eigenvalue weighted by molar-refractivity contribution is -0.384. The van der Waals surface area contributed by atoms with Gasteiger partial charge < -0.3 is 10.0 Å². The van der Waals surface area contributed by atoms with Gasteiger partial charge in [-0.05, 0) is 21.8 Å². The standard InChI is InChI=1S/C12H12BrFN2O4/c1-6-4-15(5-7(6)12(17)18)10-3-9(14)8(13)2-11(10)16(19)20/h2-3,6-7H,4-5H2,1H3,(H,17,18). The van der Waals surface area contributed by atoms with Gasteiger partial charge in [0.2, 0.25) is 0 Å². The predicted octanol–water partition coefficient (Wildman–Crippen LogP) is 2.65. The fraction of sp³-hybridized carbons (Fsp3) is 0.417. The van der Waals surface area contributed by atoms with E-state index in [4.69, 9.17) is 5.11 Å². The van der Waals surface area contributed by atoms with Crippen molar-refractivity contribution in [1.29, 1.82) is 0 Å². The molecule has 1 N–H and O–H groups in total. The van der Waals surface area contributed by atoms with Crippen LogP contribution >= 0.6 is 15.9 Å². The molecule has 2 atom stereocenters. The number of hydrogen-bond acceptors (Lipinski definition) is 4. The first-order valence-electron chi connectivity index (χ1n) is 5.92. The van der Waals surface area contributed by atoms with E-state index in [1.807, 2.05) is 0 Å². The van der Waals surface area contributed by atoms with E-state index in [0.717, 1.165) is 12.1 Å². The first-order valence-corrected chi connectivity index (χ1v) is 6.71. The summed E-state index contributed by atoms with van der Waals surface area (Å²) in [6, 6.07) is 2.17. The van der Waals surface area contributed by atoms with E-state index in [0.29, 0.717) is 6.54 Å². The van der Waals surface area contributed by atoms with E-state index in [-0.39, 0.29) is 28.3 Å². The Bertz CT molecular complexity index is 581. The molecule has 2 unspecified atom stereocenters. The van der Waals surface area contributed by atoms with Crippen LogP contribution < -0.4 is 4.90 Å². The van der Waals surface area contributed by atoms with Crippen LogP contribution in [0.3, 0.4) is 0 Å². The van der Waals surface area contributed by atoms with Gasteiger partial charge in [-0.15, -0.1) is 0 Å². The van der Waals surface area contributed by atoms with Gasteiger partial charge in [-0.3, -0.25) is 14.9 Å². The van der Waals surface area contributed by atoms with Crippen LogP contribution in [-0.2, 0) is 4.79 Å². The molecule has 0 saturated carbocycles. The van der Waals surface area contributed by atoms with Crippen LogP contribution in [0.5, 0.6) is 0 Å². The molecule has 0 aliphatic carbocycles. The second-order valence-electron chi connectivity index (χ2n) is 4.84. The van der Waals surface area contributed by atoms with Gasteiger partial charge in [0.15, 0.2) is 0 Å². The van der Waals surface area contributed by atoms with Crippen molar-refractivity contribution in [3.05, 3.63) is 32.5 Å². The minimum absolute atomic E-state index is 0.00924. The average Bonchev–Trinajstić information content (AvgIpc) is 2.74. The Morgan fingerprint density at radius 1 is 1.55 bits per heavy atom. The van der Waals surface area contributed by atoms with Gasteiger partial charge in [0.05, 0.1) is 15.3 Å². The van der Waals surface area contributed by atoms with E-state index in [1.54, 1.807) is 11.8 Å². The van der Waals surface area contributed by atoms with Crippen molar-refractivity contribution in [3.8, 4) is 0 Å². The number of nitro benzene ring substituents is 1. The Morgan fingerprint density at radius 2 is 2.20 bits per heavy atom. The van der Waals surface area contributed by atoms with Crippen molar-refractivity contribution < 1.29 is 19.2 Å². The monoisotopic (exact) mass is 346 g/mol. The Balaban J connectivity index is 2.41. The summed E-state index contributed by atoms with van der Waals surface area (Å²) < 4.78 is 13.6. The number of nitrogens with zero attached hydrogens (tertiary/aromatic N) is 2. The summed E-state index contributed by atoms with van der Waals surface area (Å²) in [6.45, 7) is 2.25. The number of nitro groups is 1. The third kappa shape index (κ3) is 2.60. The number of carboxylic acids is 1. The van der Waals surface area contributed by atoms with E-state index in [1.165, 1.54) is 0 Å². The van der Waals surface area contributed by atoms with Gasteiger partial charge in [-0.2, -0.15) is 0 Å². The first kappa shape index (κ1) is 14.7. The molecule has 1 aliphatic heterocycles. The van der Waals surface area contributed by atoms with Crippen LogP contribution in [0.2, 0.25) is 0 Å². The van der Waals surface area contributed by atoms with Gasteiger partial charge in [0.1, 0.15) is 11.5 Å². The van der Waals surface area contributed by atoms with Gasteiger partial charge in [0.25, 0.3) is 5.69 Å². The fourth-order valence-electron chi connectivity index (χ4n) is 2.41. The zero-order valence-corrected chi connectivity index (χ0v) is 12.1. The molecule has 8 heteroatoms. The maximum atomic E-state index is 13.6. The molecule has 108 valence electrons. The van der Waals surface area contributed by atoms with Crippen molar-refractivity contribution in [2.45, 2.75) is 6.92 Å². The van der Waals surface area contributed by atoms with Crippen molar-refractivity contribution in [3.63, 3.8) is 0 Å². The van der Waals surface area contributed by atoms with Crippen LogP contribution in [0, 0.1) is 27.8 Å². The Kier molecular flexibility index (Phi) is 3.94. The smallest absolute Gasteiger partial charge is 0.308 e. The molecule has 0 aromatic heterocycles. The summed E-state index contributed by atoms with van der Waals surface area (Å²) in [7, 11) is 0. The number of anilines is 1. The molecule has 0 spiro atoms. The van der Waals surface area contributed by atoms with E-state index >= 15 is 0 Å². The maximum absolute atomic E-state index is 13.6. The molecule has 1 aromatic carbocycles. The molecular formula is C12H12BrFN2O4. The average molecular weight is 347 g/mol. The first-order chi connectivity index (χ1) is 9.31. The van der Waals surface area contributed by atoms with Crippen molar-refractivity contribution in [2.75, 3.05) is 18.0 Å². The third-order valence-corrected chi connectivity index (χ3v) is 4.09. The van der Waals surface area contributed by atoms with Gasteiger partial charge in [-0.1, -0.05) is 6.92 Å². The zero-order chi connectivity index (χ0) is 15.0. The molecule has 1 heterocycles. The summed E-state index contributed by atoms with van der Waals surface area (Å²) in [5.41, 5.74) is -0.122. The number of rotatable bonds is 3. The molecule has 0 radical (unpaired) electrons. The largest absolute Gasteiger partial charge is 0.481 e.